The zero-order valence-electron chi connectivity index (χ0n) is 17.2. The number of fused-ring (bicyclic) bond motifs is 1. The lowest BCUT2D eigenvalue weighted by atomic mass is 9.90. The molecule has 0 radical (unpaired) electrons. The van der Waals surface area contributed by atoms with Crippen molar-refractivity contribution < 1.29 is 18.9 Å². The largest absolute Gasteiger partial charge is 0.339 e. The zero-order valence-corrected chi connectivity index (χ0v) is 18.1. The highest BCUT2D eigenvalue weighted by Crippen LogP contribution is 2.49. The van der Waals surface area contributed by atoms with Crippen LogP contribution in [0, 0.1) is 0 Å². The van der Waals surface area contributed by atoms with Gasteiger partial charge >= 0.3 is 0 Å². The van der Waals surface area contributed by atoms with E-state index in [0.29, 0.717) is 0 Å². The second-order valence-corrected chi connectivity index (χ2v) is 9.91. The van der Waals surface area contributed by atoms with Gasteiger partial charge in [0.25, 0.3) is 0 Å². The Balaban J connectivity index is 1.73. The maximum atomic E-state index is 6.21. The lowest BCUT2D eigenvalue weighted by molar-refractivity contribution is -0.0909. The fourth-order valence-corrected chi connectivity index (χ4v) is 3.81. The number of ether oxygens (including phenoxy) is 4. The highest BCUT2D eigenvalue weighted by atomic mass is 32.1. The minimum Gasteiger partial charge on any atom is -0.339 e. The van der Waals surface area contributed by atoms with E-state index in [1.807, 2.05) is 67.5 Å². The van der Waals surface area contributed by atoms with Crippen LogP contribution in [0.2, 0.25) is 0 Å². The molecule has 148 valence electrons. The minimum atomic E-state index is -0.478. The summed E-state index contributed by atoms with van der Waals surface area (Å²) in [7, 11) is 0. The molecule has 2 fully saturated rings. The van der Waals surface area contributed by atoms with E-state index in [4.69, 9.17) is 18.9 Å². The predicted molar refractivity (Wildman–Crippen MR) is 104 cm³/mol. The van der Waals surface area contributed by atoms with Crippen molar-refractivity contribution in [3.8, 4) is 0 Å². The average Bonchev–Trinajstić information content (AvgIpc) is 3.13. The van der Waals surface area contributed by atoms with Crippen molar-refractivity contribution >= 4 is 22.8 Å². The molecule has 6 nitrogen and oxygen atoms in total. The second kappa shape index (κ2) is 5.70. The molecule has 3 heterocycles. The fraction of sp³-hybridized carbons (Fsp3) is 0.700. The van der Waals surface area contributed by atoms with Gasteiger partial charge in [0, 0.05) is 11.1 Å². The van der Waals surface area contributed by atoms with Crippen molar-refractivity contribution in [2.75, 3.05) is 0 Å². The van der Waals surface area contributed by atoms with E-state index in [0.717, 1.165) is 22.2 Å². The van der Waals surface area contributed by atoms with Gasteiger partial charge in [-0.1, -0.05) is 12.1 Å². The van der Waals surface area contributed by atoms with E-state index in [2.05, 4.69) is 8.75 Å². The van der Waals surface area contributed by atoms with Gasteiger partial charge in [-0.2, -0.15) is 8.75 Å². The number of benzene rings is 1. The van der Waals surface area contributed by atoms with Crippen molar-refractivity contribution in [2.24, 2.45) is 0 Å². The van der Waals surface area contributed by atoms with E-state index < -0.39 is 35.0 Å². The first-order valence-electron chi connectivity index (χ1n) is 9.31. The second-order valence-electron chi connectivity index (χ2n) is 9.38. The molecule has 2 aliphatic heterocycles. The first-order valence-corrected chi connectivity index (χ1v) is 10.0. The van der Waals surface area contributed by atoms with Crippen LogP contribution in [0.25, 0.3) is 11.0 Å². The van der Waals surface area contributed by atoms with Gasteiger partial charge in [0.05, 0.1) is 34.1 Å². The molecule has 0 spiro atoms. The van der Waals surface area contributed by atoms with Gasteiger partial charge in [0.1, 0.15) is 11.0 Å². The highest BCUT2D eigenvalue weighted by molar-refractivity contribution is 7.00. The molecule has 0 N–H and O–H groups in total. The number of aromatic nitrogens is 2. The number of nitrogens with zero attached hydrogens (tertiary/aromatic N) is 2. The van der Waals surface area contributed by atoms with Gasteiger partial charge in [-0.05, 0) is 55.4 Å². The predicted octanol–water partition coefficient (Wildman–Crippen LogP) is 4.90. The molecule has 4 rings (SSSR count). The standard InChI is InChI=1S/C20H28N2O4S/c1-17(2)18(3,4)24-15(23-17)11-9-10-12(14-13(11)21-27-22-14)16-25-19(5,6)20(7,8)26-16/h9-10,15-16H,1-8H3. The van der Waals surface area contributed by atoms with Crippen molar-refractivity contribution in [1.82, 2.24) is 8.75 Å². The summed E-state index contributed by atoms with van der Waals surface area (Å²) in [6.07, 6.45) is -0.956. The molecule has 1 aromatic carbocycles. The van der Waals surface area contributed by atoms with Crippen LogP contribution in [0.1, 0.15) is 79.1 Å². The van der Waals surface area contributed by atoms with Gasteiger partial charge in [0.15, 0.2) is 12.6 Å². The van der Waals surface area contributed by atoms with Crippen LogP contribution in [-0.2, 0) is 18.9 Å². The summed E-state index contributed by atoms with van der Waals surface area (Å²) in [6, 6.07) is 3.98. The quantitative estimate of drug-likeness (QED) is 0.725. The van der Waals surface area contributed by atoms with E-state index in [-0.39, 0.29) is 0 Å². The highest BCUT2D eigenvalue weighted by Gasteiger charge is 2.51. The van der Waals surface area contributed by atoms with Crippen LogP contribution in [0.4, 0.5) is 0 Å². The monoisotopic (exact) mass is 392 g/mol. The Morgan fingerprint density at radius 1 is 0.630 bits per heavy atom. The summed E-state index contributed by atoms with van der Waals surface area (Å²) in [4.78, 5) is 0. The van der Waals surface area contributed by atoms with Crippen LogP contribution < -0.4 is 0 Å². The summed E-state index contributed by atoms with van der Waals surface area (Å²) in [6.45, 7) is 16.4. The van der Waals surface area contributed by atoms with E-state index in [1.54, 1.807) is 0 Å². The van der Waals surface area contributed by atoms with Gasteiger partial charge in [-0.15, -0.1) is 0 Å². The van der Waals surface area contributed by atoms with Crippen LogP contribution >= 0.6 is 11.7 Å². The molecule has 2 aliphatic rings. The van der Waals surface area contributed by atoms with E-state index in [1.165, 1.54) is 11.7 Å². The molecule has 7 heteroatoms. The Bertz CT molecular complexity index is 785. The van der Waals surface area contributed by atoms with Crippen molar-refractivity contribution in [3.05, 3.63) is 23.3 Å². The van der Waals surface area contributed by atoms with Gasteiger partial charge in [-0.3, -0.25) is 0 Å². The molecule has 2 saturated heterocycles. The summed E-state index contributed by atoms with van der Waals surface area (Å²) < 4.78 is 33.9. The summed E-state index contributed by atoms with van der Waals surface area (Å²) >= 11 is 1.18. The lowest BCUT2D eigenvalue weighted by Crippen LogP contribution is -2.41. The molecule has 0 amide bonds. The Labute approximate surface area is 164 Å². The molecular weight excluding hydrogens is 364 g/mol. The minimum absolute atomic E-state index is 0.405. The smallest absolute Gasteiger partial charge is 0.187 e. The van der Waals surface area contributed by atoms with Crippen LogP contribution in [-0.4, -0.2) is 31.2 Å². The maximum absolute atomic E-state index is 6.21. The van der Waals surface area contributed by atoms with Crippen LogP contribution in [0.15, 0.2) is 12.1 Å². The van der Waals surface area contributed by atoms with Crippen LogP contribution in [0.3, 0.4) is 0 Å². The molecule has 0 bridgehead atoms. The Morgan fingerprint density at radius 2 is 0.926 bits per heavy atom. The molecule has 1 aromatic heterocycles. The maximum Gasteiger partial charge on any atom is 0.187 e. The number of hydrogen-bond donors (Lipinski definition) is 0. The third-order valence-corrected chi connectivity index (χ3v) is 7.02. The SMILES string of the molecule is CC1(C)OC(c2ccc(C3OC(C)(C)C(C)(C)O3)c3nsnc23)OC1(C)C. The normalized spacial score (nSPS) is 26.8. The van der Waals surface area contributed by atoms with Crippen molar-refractivity contribution in [3.63, 3.8) is 0 Å². The summed E-state index contributed by atoms with van der Waals surface area (Å²) in [5, 5.41) is 0. The topological polar surface area (TPSA) is 62.7 Å². The van der Waals surface area contributed by atoms with Crippen molar-refractivity contribution in [1.29, 1.82) is 0 Å². The third-order valence-electron chi connectivity index (χ3n) is 6.49. The zero-order chi connectivity index (χ0) is 19.8. The van der Waals surface area contributed by atoms with E-state index in [9.17, 15) is 0 Å². The molecule has 2 aromatic rings. The summed E-state index contributed by atoms with van der Waals surface area (Å²) in [5.41, 5.74) is 1.72. The first kappa shape index (κ1) is 19.2. The fourth-order valence-electron chi connectivity index (χ4n) is 3.23. The number of rotatable bonds is 2. The first-order chi connectivity index (χ1) is 12.3. The molecule has 27 heavy (non-hydrogen) atoms. The molecular formula is C20H28N2O4S. The Kier molecular flexibility index (Phi) is 4.06. The molecule has 0 saturated carbocycles. The Morgan fingerprint density at radius 3 is 1.22 bits per heavy atom. The van der Waals surface area contributed by atoms with Gasteiger partial charge in [-0.25, -0.2) is 0 Å². The molecule has 0 unspecified atom stereocenters. The van der Waals surface area contributed by atoms with E-state index >= 15 is 0 Å². The van der Waals surface area contributed by atoms with Gasteiger partial charge < -0.3 is 18.9 Å². The summed E-state index contributed by atoms with van der Waals surface area (Å²) in [5.74, 6) is 0. The number of hydrogen-bond acceptors (Lipinski definition) is 7. The molecule has 0 aliphatic carbocycles. The molecule has 0 atom stereocenters. The lowest BCUT2D eigenvalue weighted by Gasteiger charge is -2.30. The average molecular weight is 393 g/mol. The third kappa shape index (κ3) is 2.83. The Hall–Kier alpha value is -1.12. The van der Waals surface area contributed by atoms with Crippen LogP contribution in [0.5, 0.6) is 0 Å². The van der Waals surface area contributed by atoms with Gasteiger partial charge in [0.2, 0.25) is 0 Å². The van der Waals surface area contributed by atoms with Crippen molar-refractivity contribution in [2.45, 2.75) is 90.4 Å².